The molecule has 1 atom stereocenters. The van der Waals surface area contributed by atoms with E-state index in [1.165, 1.54) is 18.2 Å². The molecular formula is C22H23Cl2N3O5. The summed E-state index contributed by atoms with van der Waals surface area (Å²) in [7, 11) is 0. The molecular weight excluding hydrogens is 457 g/mol. The van der Waals surface area contributed by atoms with E-state index in [-0.39, 0.29) is 24.1 Å². The number of ether oxygens (including phenoxy) is 1. The third-order valence-electron chi connectivity index (χ3n) is 6.32. The van der Waals surface area contributed by atoms with Crippen LogP contribution >= 0.6 is 23.2 Å². The maximum atomic E-state index is 12.6. The van der Waals surface area contributed by atoms with Crippen LogP contribution in [-0.2, 0) is 4.79 Å². The van der Waals surface area contributed by atoms with E-state index >= 15 is 0 Å². The van der Waals surface area contributed by atoms with Crippen molar-refractivity contribution in [2.75, 3.05) is 6.61 Å². The Kier molecular flexibility index (Phi) is 6.20. The number of rotatable bonds is 6. The van der Waals surface area contributed by atoms with Gasteiger partial charge in [0.05, 0.1) is 21.7 Å². The Balaban J connectivity index is 1.35. The number of carbonyl (C=O) groups excluding carboxylic acids is 2. The van der Waals surface area contributed by atoms with Crippen molar-refractivity contribution < 1.29 is 24.5 Å². The fraction of sp³-hybridized carbons (Fsp3) is 0.409. The molecule has 32 heavy (non-hydrogen) atoms. The monoisotopic (exact) mass is 479 g/mol. The third kappa shape index (κ3) is 4.62. The molecule has 2 amide bonds. The van der Waals surface area contributed by atoms with Gasteiger partial charge in [-0.1, -0.05) is 29.3 Å². The van der Waals surface area contributed by atoms with Crippen molar-refractivity contribution >= 4 is 35.0 Å². The molecule has 1 aromatic heterocycles. The molecule has 0 spiro atoms. The number of amides is 2. The number of fused-ring (bicyclic) bond motifs is 3. The first-order chi connectivity index (χ1) is 15.2. The number of benzene rings is 1. The SMILES string of the molecule is O=C(COc1ccc(Cl)c(Cl)c1)NC12CCC(NC(=O)c3cccc(O)n3)(CC1)C[C@@H]2O. The van der Waals surface area contributed by atoms with Crippen molar-refractivity contribution in [3.63, 3.8) is 0 Å². The van der Waals surface area contributed by atoms with Crippen molar-refractivity contribution in [3.8, 4) is 11.6 Å². The van der Waals surface area contributed by atoms with Crippen molar-refractivity contribution in [2.45, 2.75) is 49.3 Å². The van der Waals surface area contributed by atoms with Crippen molar-refractivity contribution in [3.05, 3.63) is 52.1 Å². The summed E-state index contributed by atoms with van der Waals surface area (Å²) in [5, 5.41) is 27.0. The standard InChI is InChI=1S/C22H23Cl2N3O5/c23-14-5-4-13(10-15(14)24)32-12-19(30)26-22-8-6-21(7-9-22,11-17(22)28)27-20(31)16-2-1-3-18(29)25-16/h1-5,10,17,28H,6-9,11-12H2,(H,25,29)(H,26,30)(H,27,31)/t17-,21?,22?/m0/s1. The van der Waals surface area contributed by atoms with E-state index in [0.29, 0.717) is 47.9 Å². The van der Waals surface area contributed by atoms with Gasteiger partial charge in [0.1, 0.15) is 11.4 Å². The highest BCUT2D eigenvalue weighted by atomic mass is 35.5. The van der Waals surface area contributed by atoms with Crippen molar-refractivity contribution in [1.29, 1.82) is 0 Å². The van der Waals surface area contributed by atoms with E-state index < -0.39 is 23.1 Å². The molecule has 4 N–H and O–H groups in total. The number of hydrogen-bond donors (Lipinski definition) is 4. The summed E-state index contributed by atoms with van der Waals surface area (Å²) in [6.07, 6.45) is 1.72. The van der Waals surface area contributed by atoms with Crippen LogP contribution < -0.4 is 15.4 Å². The van der Waals surface area contributed by atoms with Gasteiger partial charge in [-0.15, -0.1) is 0 Å². The molecule has 1 heterocycles. The molecule has 0 unspecified atom stereocenters. The second-order valence-electron chi connectivity index (χ2n) is 8.40. The second-order valence-corrected chi connectivity index (χ2v) is 9.22. The maximum Gasteiger partial charge on any atom is 0.270 e. The van der Waals surface area contributed by atoms with Crippen LogP contribution in [0.25, 0.3) is 0 Å². The van der Waals surface area contributed by atoms with Crippen LogP contribution in [-0.4, -0.2) is 50.8 Å². The Labute approximate surface area is 194 Å². The quantitative estimate of drug-likeness (QED) is 0.505. The molecule has 3 fully saturated rings. The Morgan fingerprint density at radius 3 is 2.50 bits per heavy atom. The zero-order valence-electron chi connectivity index (χ0n) is 17.1. The topological polar surface area (TPSA) is 121 Å². The van der Waals surface area contributed by atoms with Gasteiger partial charge >= 0.3 is 0 Å². The van der Waals surface area contributed by atoms with Gasteiger partial charge in [-0.25, -0.2) is 4.98 Å². The average molecular weight is 480 g/mol. The van der Waals surface area contributed by atoms with Gasteiger partial charge in [-0.2, -0.15) is 0 Å². The van der Waals surface area contributed by atoms with Gasteiger partial charge in [-0.3, -0.25) is 9.59 Å². The number of aromatic nitrogens is 1. The lowest BCUT2D eigenvalue weighted by molar-refractivity contribution is -0.132. The Bertz CT molecular complexity index is 1040. The molecule has 10 heteroatoms. The average Bonchev–Trinajstić information content (AvgIpc) is 2.76. The molecule has 0 saturated heterocycles. The van der Waals surface area contributed by atoms with E-state index in [1.54, 1.807) is 18.2 Å². The van der Waals surface area contributed by atoms with Gasteiger partial charge < -0.3 is 25.6 Å². The Hall–Kier alpha value is -2.55. The van der Waals surface area contributed by atoms with Crippen LogP contribution in [0.1, 0.15) is 42.6 Å². The summed E-state index contributed by atoms with van der Waals surface area (Å²) in [5.41, 5.74) is -1.22. The van der Waals surface area contributed by atoms with Gasteiger partial charge in [0.2, 0.25) is 5.88 Å². The summed E-state index contributed by atoms with van der Waals surface area (Å²) < 4.78 is 5.49. The lowest BCUT2D eigenvalue weighted by atomic mass is 9.60. The van der Waals surface area contributed by atoms with Crippen LogP contribution in [0.4, 0.5) is 0 Å². The van der Waals surface area contributed by atoms with E-state index in [4.69, 9.17) is 27.9 Å². The van der Waals surface area contributed by atoms with Gasteiger partial charge in [0.25, 0.3) is 11.8 Å². The number of aliphatic hydroxyl groups excluding tert-OH is 1. The van der Waals surface area contributed by atoms with Crippen LogP contribution in [0.15, 0.2) is 36.4 Å². The highest BCUT2D eigenvalue weighted by molar-refractivity contribution is 6.42. The van der Waals surface area contributed by atoms with Crippen molar-refractivity contribution in [2.24, 2.45) is 0 Å². The second kappa shape index (κ2) is 8.77. The summed E-state index contributed by atoms with van der Waals surface area (Å²) in [5.74, 6) is -0.562. The Morgan fingerprint density at radius 1 is 1.09 bits per heavy atom. The largest absolute Gasteiger partial charge is 0.493 e. The van der Waals surface area contributed by atoms with Crippen LogP contribution in [0.2, 0.25) is 10.0 Å². The van der Waals surface area contributed by atoms with E-state index in [2.05, 4.69) is 15.6 Å². The predicted molar refractivity (Wildman–Crippen MR) is 118 cm³/mol. The van der Waals surface area contributed by atoms with Crippen LogP contribution in [0.5, 0.6) is 11.6 Å². The molecule has 0 radical (unpaired) electrons. The maximum absolute atomic E-state index is 12.6. The minimum Gasteiger partial charge on any atom is -0.493 e. The van der Waals surface area contributed by atoms with Gasteiger partial charge in [-0.05, 0) is 50.3 Å². The minimum absolute atomic E-state index is 0.115. The highest BCUT2D eigenvalue weighted by Crippen LogP contribution is 2.47. The van der Waals surface area contributed by atoms with Crippen LogP contribution in [0.3, 0.4) is 0 Å². The number of aromatic hydroxyl groups is 1. The molecule has 3 aliphatic rings. The van der Waals surface area contributed by atoms with Gasteiger partial charge in [0, 0.05) is 17.7 Å². The zero-order valence-corrected chi connectivity index (χ0v) is 18.6. The predicted octanol–water partition coefficient (Wildman–Crippen LogP) is 2.84. The zero-order chi connectivity index (χ0) is 22.9. The number of nitrogens with one attached hydrogen (secondary N) is 2. The van der Waals surface area contributed by atoms with E-state index in [1.807, 2.05) is 0 Å². The van der Waals surface area contributed by atoms with E-state index in [9.17, 15) is 19.8 Å². The first-order valence-corrected chi connectivity index (χ1v) is 11.0. The summed E-state index contributed by atoms with van der Waals surface area (Å²) in [4.78, 5) is 29.0. The lowest BCUT2D eigenvalue weighted by Crippen LogP contribution is -2.70. The first kappa shape index (κ1) is 22.6. The molecule has 0 aliphatic heterocycles. The first-order valence-electron chi connectivity index (χ1n) is 10.3. The van der Waals surface area contributed by atoms with Gasteiger partial charge in [0.15, 0.2) is 6.61 Å². The fourth-order valence-corrected chi connectivity index (χ4v) is 4.83. The molecule has 2 bridgehead atoms. The highest BCUT2D eigenvalue weighted by Gasteiger charge is 2.55. The number of aliphatic hydroxyl groups is 1. The minimum atomic E-state index is -0.823. The molecule has 8 nitrogen and oxygen atoms in total. The third-order valence-corrected chi connectivity index (χ3v) is 7.06. The molecule has 1 aromatic carbocycles. The fourth-order valence-electron chi connectivity index (χ4n) is 4.55. The summed E-state index contributed by atoms with van der Waals surface area (Å²) in [6, 6.07) is 9.20. The van der Waals surface area contributed by atoms with Crippen molar-refractivity contribution in [1.82, 2.24) is 15.6 Å². The molecule has 170 valence electrons. The van der Waals surface area contributed by atoms with Crippen LogP contribution in [0, 0.1) is 0 Å². The number of halogens is 2. The molecule has 2 aromatic rings. The number of pyridine rings is 1. The number of carbonyl (C=O) groups is 2. The number of nitrogens with zero attached hydrogens (tertiary/aromatic N) is 1. The number of hydrogen-bond acceptors (Lipinski definition) is 6. The molecule has 3 saturated carbocycles. The normalized spacial score (nSPS) is 26.4. The molecule has 3 aliphatic carbocycles. The van der Waals surface area contributed by atoms with E-state index in [0.717, 1.165) is 0 Å². The molecule has 5 rings (SSSR count). The lowest BCUT2D eigenvalue weighted by Gasteiger charge is -2.56. The smallest absolute Gasteiger partial charge is 0.270 e. The summed E-state index contributed by atoms with van der Waals surface area (Å²) in [6.45, 7) is -0.225. The summed E-state index contributed by atoms with van der Waals surface area (Å²) >= 11 is 11.8. The Morgan fingerprint density at radius 2 is 1.84 bits per heavy atom.